The third-order valence-corrected chi connectivity index (χ3v) is 2.63. The average Bonchev–Trinajstić information content (AvgIpc) is 2.78. The topological polar surface area (TPSA) is 90.8 Å². The molecule has 3 N–H and O–H groups in total. The second kappa shape index (κ2) is 5.31. The molecule has 1 atom stereocenters. The molecule has 1 heterocycles. The van der Waals surface area contributed by atoms with Gasteiger partial charge >= 0.3 is 0 Å². The predicted octanol–water partition coefficient (Wildman–Crippen LogP) is 0.121. The Morgan fingerprint density at radius 1 is 1.50 bits per heavy atom. The Hall–Kier alpha value is -2.37. The lowest BCUT2D eigenvalue weighted by atomic mass is 10.2. The summed E-state index contributed by atoms with van der Waals surface area (Å²) in [7, 11) is 0. The van der Waals surface area contributed by atoms with Gasteiger partial charge in [-0.25, -0.2) is 5.43 Å². The van der Waals surface area contributed by atoms with E-state index in [0.717, 1.165) is 0 Å². The summed E-state index contributed by atoms with van der Waals surface area (Å²) in [6.07, 6.45) is 2.20. The number of aromatic hydroxyl groups is 1. The number of hydrazone groups is 1. The van der Waals surface area contributed by atoms with Crippen molar-refractivity contribution in [3.63, 3.8) is 0 Å². The summed E-state index contributed by atoms with van der Waals surface area (Å²) in [6.45, 7) is 0. The van der Waals surface area contributed by atoms with Crippen molar-refractivity contribution < 1.29 is 14.7 Å². The minimum atomic E-state index is -0.515. The van der Waals surface area contributed by atoms with Crippen molar-refractivity contribution >= 4 is 18.0 Å². The number of carbonyl (C=O) groups is 2. The number of amides is 2. The first-order valence-electron chi connectivity index (χ1n) is 5.57. The number of benzene rings is 1. The molecule has 6 heteroatoms. The lowest BCUT2D eigenvalue weighted by molar-refractivity contribution is -0.125. The highest BCUT2D eigenvalue weighted by Crippen LogP contribution is 2.12. The van der Waals surface area contributed by atoms with E-state index in [1.54, 1.807) is 18.2 Å². The molecule has 0 aromatic heterocycles. The number of nitrogens with zero attached hydrogens (tertiary/aromatic N) is 1. The van der Waals surface area contributed by atoms with Crippen LogP contribution in [-0.4, -0.2) is 29.2 Å². The zero-order valence-corrected chi connectivity index (χ0v) is 9.59. The molecule has 6 nitrogen and oxygen atoms in total. The van der Waals surface area contributed by atoms with Crippen molar-refractivity contribution in [1.82, 2.24) is 10.7 Å². The molecule has 2 rings (SSSR count). The van der Waals surface area contributed by atoms with Crippen molar-refractivity contribution in [2.45, 2.75) is 18.9 Å². The fraction of sp³-hybridized carbons (Fsp3) is 0.250. The van der Waals surface area contributed by atoms with E-state index >= 15 is 0 Å². The van der Waals surface area contributed by atoms with Crippen molar-refractivity contribution in [1.29, 1.82) is 0 Å². The van der Waals surface area contributed by atoms with Gasteiger partial charge in [0.05, 0.1) is 6.21 Å². The highest BCUT2D eigenvalue weighted by atomic mass is 16.3. The predicted molar refractivity (Wildman–Crippen MR) is 65.0 cm³/mol. The maximum Gasteiger partial charge on any atom is 0.262 e. The first-order valence-corrected chi connectivity index (χ1v) is 5.57. The zero-order chi connectivity index (χ0) is 13.0. The average molecular weight is 247 g/mol. The molecule has 2 amide bonds. The van der Waals surface area contributed by atoms with Gasteiger partial charge in [0.1, 0.15) is 11.8 Å². The Kier molecular flexibility index (Phi) is 3.57. The number of phenols is 1. The minimum absolute atomic E-state index is 0.0877. The van der Waals surface area contributed by atoms with Crippen LogP contribution in [0.25, 0.3) is 0 Å². The Bertz CT molecular complexity index is 499. The van der Waals surface area contributed by atoms with Gasteiger partial charge in [-0.15, -0.1) is 0 Å². The van der Waals surface area contributed by atoms with Crippen LogP contribution >= 0.6 is 0 Å². The van der Waals surface area contributed by atoms with E-state index in [-0.39, 0.29) is 17.6 Å². The smallest absolute Gasteiger partial charge is 0.262 e. The van der Waals surface area contributed by atoms with Crippen LogP contribution < -0.4 is 10.7 Å². The number of carbonyl (C=O) groups excluding carboxylic acids is 2. The molecule has 1 aliphatic heterocycles. The number of nitrogens with one attached hydrogen (secondary N) is 2. The molecule has 1 fully saturated rings. The van der Waals surface area contributed by atoms with Gasteiger partial charge in [-0.1, -0.05) is 12.1 Å². The molecule has 0 spiro atoms. The molecular formula is C12H13N3O3. The monoisotopic (exact) mass is 247 g/mol. The van der Waals surface area contributed by atoms with Gasteiger partial charge in [0.15, 0.2) is 0 Å². The lowest BCUT2D eigenvalue weighted by Crippen LogP contribution is -2.39. The van der Waals surface area contributed by atoms with Gasteiger partial charge in [0.2, 0.25) is 5.91 Å². The summed E-state index contributed by atoms with van der Waals surface area (Å²) in [5.74, 6) is -0.392. The lowest BCUT2D eigenvalue weighted by Gasteiger charge is -2.06. The fourth-order valence-corrected chi connectivity index (χ4v) is 1.65. The van der Waals surface area contributed by atoms with Gasteiger partial charge in [-0.3, -0.25) is 9.59 Å². The van der Waals surface area contributed by atoms with E-state index in [4.69, 9.17) is 0 Å². The Morgan fingerprint density at radius 2 is 2.28 bits per heavy atom. The summed E-state index contributed by atoms with van der Waals surface area (Å²) in [4.78, 5) is 22.5. The number of hydrogen-bond acceptors (Lipinski definition) is 4. The minimum Gasteiger partial charge on any atom is -0.507 e. The van der Waals surface area contributed by atoms with E-state index in [0.29, 0.717) is 18.4 Å². The molecule has 0 saturated carbocycles. The SMILES string of the molecule is O=C1CC[C@@H](C(=O)N/N=C/c2ccccc2O)N1. The summed E-state index contributed by atoms with van der Waals surface area (Å²) in [5, 5.41) is 15.7. The van der Waals surface area contributed by atoms with Crippen LogP contribution in [-0.2, 0) is 9.59 Å². The molecule has 1 aromatic carbocycles. The first kappa shape index (κ1) is 12.1. The van der Waals surface area contributed by atoms with Crippen molar-refractivity contribution in [3.8, 4) is 5.75 Å². The second-order valence-electron chi connectivity index (χ2n) is 3.95. The third-order valence-electron chi connectivity index (χ3n) is 2.63. The zero-order valence-electron chi connectivity index (χ0n) is 9.59. The van der Waals surface area contributed by atoms with E-state index in [1.807, 2.05) is 0 Å². The third kappa shape index (κ3) is 2.85. The number of rotatable bonds is 3. The van der Waals surface area contributed by atoms with E-state index in [9.17, 15) is 14.7 Å². The first-order chi connectivity index (χ1) is 8.66. The highest BCUT2D eigenvalue weighted by Gasteiger charge is 2.26. The van der Waals surface area contributed by atoms with Crippen LogP contribution in [0.2, 0.25) is 0 Å². The second-order valence-corrected chi connectivity index (χ2v) is 3.95. The molecule has 0 bridgehead atoms. The van der Waals surface area contributed by atoms with E-state index in [1.165, 1.54) is 12.3 Å². The Morgan fingerprint density at radius 3 is 2.94 bits per heavy atom. The van der Waals surface area contributed by atoms with Crippen LogP contribution in [0.4, 0.5) is 0 Å². The normalized spacial score (nSPS) is 18.9. The molecular weight excluding hydrogens is 234 g/mol. The van der Waals surface area contributed by atoms with Crippen LogP contribution in [0.5, 0.6) is 5.75 Å². The summed E-state index contributed by atoms with van der Waals surface area (Å²) in [5.41, 5.74) is 2.83. The van der Waals surface area contributed by atoms with Crippen molar-refractivity contribution in [3.05, 3.63) is 29.8 Å². The van der Waals surface area contributed by atoms with Gasteiger partial charge < -0.3 is 10.4 Å². The van der Waals surface area contributed by atoms with Crippen LogP contribution in [0.15, 0.2) is 29.4 Å². The van der Waals surface area contributed by atoms with Gasteiger partial charge in [0, 0.05) is 12.0 Å². The number of hydrogen-bond donors (Lipinski definition) is 3. The molecule has 0 unspecified atom stereocenters. The quantitative estimate of drug-likeness (QED) is 0.523. The maximum atomic E-state index is 11.6. The van der Waals surface area contributed by atoms with Crippen LogP contribution in [0.1, 0.15) is 18.4 Å². The summed E-state index contributed by atoms with van der Waals surface area (Å²) in [6, 6.07) is 6.13. The van der Waals surface area contributed by atoms with Gasteiger partial charge in [0.25, 0.3) is 5.91 Å². The molecule has 0 radical (unpaired) electrons. The van der Waals surface area contributed by atoms with Gasteiger partial charge in [-0.2, -0.15) is 5.10 Å². The molecule has 94 valence electrons. The molecule has 1 aromatic rings. The van der Waals surface area contributed by atoms with Crippen LogP contribution in [0.3, 0.4) is 0 Å². The fourth-order valence-electron chi connectivity index (χ4n) is 1.65. The number of para-hydroxylation sites is 1. The van der Waals surface area contributed by atoms with Crippen LogP contribution in [0, 0.1) is 0 Å². The largest absolute Gasteiger partial charge is 0.507 e. The highest BCUT2D eigenvalue weighted by molar-refractivity contribution is 5.91. The molecule has 0 aliphatic carbocycles. The summed E-state index contributed by atoms with van der Waals surface area (Å²) >= 11 is 0. The molecule has 18 heavy (non-hydrogen) atoms. The maximum absolute atomic E-state index is 11.6. The van der Waals surface area contributed by atoms with E-state index in [2.05, 4.69) is 15.8 Å². The Balaban J connectivity index is 1.90. The number of phenolic OH excluding ortho intramolecular Hbond substituents is 1. The van der Waals surface area contributed by atoms with E-state index < -0.39 is 6.04 Å². The van der Waals surface area contributed by atoms with Crippen molar-refractivity contribution in [2.75, 3.05) is 0 Å². The standard InChI is InChI=1S/C12H13N3O3/c16-10-4-2-1-3-8(10)7-13-15-12(18)9-5-6-11(17)14-9/h1-4,7,9,16H,5-6H2,(H,14,17)(H,15,18)/b13-7+/t9-/m0/s1. The van der Waals surface area contributed by atoms with Gasteiger partial charge in [-0.05, 0) is 18.6 Å². The Labute approximate surface area is 104 Å². The summed E-state index contributed by atoms with van der Waals surface area (Å²) < 4.78 is 0. The molecule has 1 saturated heterocycles. The molecule has 1 aliphatic rings. The van der Waals surface area contributed by atoms with Crippen molar-refractivity contribution in [2.24, 2.45) is 5.10 Å².